The summed E-state index contributed by atoms with van der Waals surface area (Å²) in [6, 6.07) is 3.61. The van der Waals surface area contributed by atoms with Crippen molar-refractivity contribution in [3.8, 4) is 0 Å². The Hall–Kier alpha value is -2.50. The van der Waals surface area contributed by atoms with Gasteiger partial charge in [-0.15, -0.1) is 0 Å². The van der Waals surface area contributed by atoms with E-state index in [1.165, 1.54) is 18.6 Å². The molecule has 1 N–H and O–H groups in total. The largest absolute Gasteiger partial charge is 0.363 e. The Morgan fingerprint density at radius 2 is 2.00 bits per heavy atom. The van der Waals surface area contributed by atoms with Gasteiger partial charge in [0.1, 0.15) is 11.5 Å². The van der Waals surface area contributed by atoms with E-state index in [0.29, 0.717) is 5.69 Å². The summed E-state index contributed by atoms with van der Waals surface area (Å²) in [5, 5.41) is 2.70. The molecule has 0 spiro atoms. The van der Waals surface area contributed by atoms with Gasteiger partial charge in [0.2, 0.25) is 0 Å². The van der Waals surface area contributed by atoms with Crippen molar-refractivity contribution in [2.24, 2.45) is 0 Å². The maximum atomic E-state index is 11.8. The molecule has 0 bridgehead atoms. The average Bonchev–Trinajstić information content (AvgIpc) is 2.40. The first kappa shape index (κ1) is 12.0. The molecule has 0 atom stereocenters. The molecule has 6 heteroatoms. The molecule has 18 heavy (non-hydrogen) atoms. The van der Waals surface area contributed by atoms with Gasteiger partial charge in [-0.2, -0.15) is 0 Å². The fraction of sp³-hybridized carbons (Fsp3) is 0.167. The minimum atomic E-state index is -0.303. The van der Waals surface area contributed by atoms with E-state index in [1.54, 1.807) is 12.3 Å². The molecule has 0 aliphatic carbocycles. The van der Waals surface area contributed by atoms with Crippen LogP contribution in [0.2, 0.25) is 0 Å². The summed E-state index contributed by atoms with van der Waals surface area (Å²) in [6.07, 6.45) is 6.01. The van der Waals surface area contributed by atoms with Crippen molar-refractivity contribution in [2.75, 3.05) is 24.3 Å². The molecule has 0 radical (unpaired) electrons. The molecule has 0 fully saturated rings. The smallest absolute Gasteiger partial charge is 0.275 e. The van der Waals surface area contributed by atoms with E-state index in [-0.39, 0.29) is 11.6 Å². The van der Waals surface area contributed by atoms with Gasteiger partial charge in [-0.05, 0) is 12.1 Å². The van der Waals surface area contributed by atoms with Crippen LogP contribution in [-0.2, 0) is 0 Å². The Morgan fingerprint density at radius 3 is 2.56 bits per heavy atom. The number of carbonyl (C=O) groups excluding carboxylic acids is 1. The highest BCUT2D eigenvalue weighted by Gasteiger charge is 2.07. The number of carbonyl (C=O) groups is 1. The van der Waals surface area contributed by atoms with Crippen LogP contribution in [-0.4, -0.2) is 35.0 Å². The summed E-state index contributed by atoms with van der Waals surface area (Å²) in [7, 11) is 3.81. The molecule has 0 aliphatic heterocycles. The number of amides is 1. The average molecular weight is 243 g/mol. The lowest BCUT2D eigenvalue weighted by Gasteiger charge is -2.11. The standard InChI is InChI=1S/C12H13N5O/c1-17(2)11-4-3-9(7-15-11)16-12(18)10-8-13-5-6-14-10/h3-8H,1-2H3,(H,16,18). The SMILES string of the molecule is CN(C)c1ccc(NC(=O)c2cnccn2)cn1. The van der Waals surface area contributed by atoms with Crippen molar-refractivity contribution in [3.63, 3.8) is 0 Å². The van der Waals surface area contributed by atoms with Crippen molar-refractivity contribution < 1.29 is 4.79 Å². The summed E-state index contributed by atoms with van der Waals surface area (Å²) in [6.45, 7) is 0. The van der Waals surface area contributed by atoms with E-state index in [2.05, 4.69) is 20.3 Å². The second-order valence-electron chi connectivity index (χ2n) is 3.84. The Balaban J connectivity index is 2.08. The van der Waals surface area contributed by atoms with Crippen molar-refractivity contribution in [1.29, 1.82) is 0 Å². The van der Waals surface area contributed by atoms with E-state index in [9.17, 15) is 4.79 Å². The topological polar surface area (TPSA) is 71.0 Å². The monoisotopic (exact) mass is 243 g/mol. The molecule has 0 unspecified atom stereocenters. The highest BCUT2D eigenvalue weighted by Crippen LogP contribution is 2.12. The van der Waals surface area contributed by atoms with Gasteiger partial charge in [0, 0.05) is 26.5 Å². The maximum Gasteiger partial charge on any atom is 0.275 e. The predicted octanol–water partition coefficient (Wildman–Crippen LogP) is 1.19. The first-order valence-corrected chi connectivity index (χ1v) is 5.37. The van der Waals surface area contributed by atoms with Crippen LogP contribution in [0.4, 0.5) is 11.5 Å². The van der Waals surface area contributed by atoms with Crippen molar-refractivity contribution in [1.82, 2.24) is 15.0 Å². The number of anilines is 2. The van der Waals surface area contributed by atoms with Crippen LogP contribution in [0.15, 0.2) is 36.9 Å². The molecule has 2 heterocycles. The third-order valence-corrected chi connectivity index (χ3v) is 2.26. The zero-order valence-corrected chi connectivity index (χ0v) is 10.2. The summed E-state index contributed by atoms with van der Waals surface area (Å²) in [5.74, 6) is 0.523. The lowest BCUT2D eigenvalue weighted by Crippen LogP contribution is -2.15. The van der Waals surface area contributed by atoms with Gasteiger partial charge >= 0.3 is 0 Å². The first-order chi connectivity index (χ1) is 8.66. The molecule has 2 aromatic heterocycles. The van der Waals surface area contributed by atoms with Crippen LogP contribution >= 0.6 is 0 Å². The van der Waals surface area contributed by atoms with Crippen molar-refractivity contribution in [2.45, 2.75) is 0 Å². The van der Waals surface area contributed by atoms with Gasteiger partial charge in [0.15, 0.2) is 0 Å². The summed E-state index contributed by atoms with van der Waals surface area (Å²) < 4.78 is 0. The van der Waals surface area contributed by atoms with E-state index >= 15 is 0 Å². The number of nitrogens with one attached hydrogen (secondary N) is 1. The Kier molecular flexibility index (Phi) is 3.47. The minimum absolute atomic E-state index is 0.272. The van der Waals surface area contributed by atoms with E-state index in [4.69, 9.17) is 0 Å². The van der Waals surface area contributed by atoms with Gasteiger partial charge in [-0.25, -0.2) is 9.97 Å². The summed E-state index contributed by atoms with van der Waals surface area (Å²) >= 11 is 0. The van der Waals surface area contributed by atoms with Gasteiger partial charge in [-0.1, -0.05) is 0 Å². The Bertz CT molecular complexity index is 524. The third kappa shape index (κ3) is 2.79. The van der Waals surface area contributed by atoms with Gasteiger partial charge in [0.25, 0.3) is 5.91 Å². The third-order valence-electron chi connectivity index (χ3n) is 2.26. The molecule has 2 aromatic rings. The maximum absolute atomic E-state index is 11.8. The molecule has 0 aliphatic rings. The second-order valence-corrected chi connectivity index (χ2v) is 3.84. The molecular weight excluding hydrogens is 230 g/mol. The number of rotatable bonds is 3. The fourth-order valence-electron chi connectivity index (χ4n) is 1.34. The molecule has 0 saturated carbocycles. The molecule has 0 saturated heterocycles. The van der Waals surface area contributed by atoms with Crippen LogP contribution in [0.1, 0.15) is 10.5 Å². The predicted molar refractivity (Wildman–Crippen MR) is 68.5 cm³/mol. The van der Waals surface area contributed by atoms with E-state index < -0.39 is 0 Å². The lowest BCUT2D eigenvalue weighted by molar-refractivity contribution is 0.102. The quantitative estimate of drug-likeness (QED) is 0.876. The summed E-state index contributed by atoms with van der Waals surface area (Å²) in [4.78, 5) is 25.6. The van der Waals surface area contributed by atoms with Crippen LogP contribution in [0, 0.1) is 0 Å². The van der Waals surface area contributed by atoms with Crippen LogP contribution < -0.4 is 10.2 Å². The van der Waals surface area contributed by atoms with Crippen molar-refractivity contribution in [3.05, 3.63) is 42.6 Å². The number of hydrogen-bond acceptors (Lipinski definition) is 5. The van der Waals surface area contributed by atoms with Crippen LogP contribution in [0.3, 0.4) is 0 Å². The first-order valence-electron chi connectivity index (χ1n) is 5.37. The molecule has 92 valence electrons. The molecule has 0 aromatic carbocycles. The Morgan fingerprint density at radius 1 is 1.17 bits per heavy atom. The molecule has 2 rings (SSSR count). The zero-order valence-electron chi connectivity index (χ0n) is 10.2. The van der Waals surface area contributed by atoms with E-state index in [1.807, 2.05) is 25.1 Å². The zero-order chi connectivity index (χ0) is 13.0. The number of nitrogens with zero attached hydrogens (tertiary/aromatic N) is 4. The van der Waals surface area contributed by atoms with Gasteiger partial charge < -0.3 is 10.2 Å². The van der Waals surface area contributed by atoms with Crippen LogP contribution in [0.5, 0.6) is 0 Å². The van der Waals surface area contributed by atoms with E-state index in [0.717, 1.165) is 5.82 Å². The van der Waals surface area contributed by atoms with Gasteiger partial charge in [0.05, 0.1) is 18.1 Å². The lowest BCUT2D eigenvalue weighted by atomic mass is 10.3. The molecular formula is C12H13N5O. The van der Waals surface area contributed by atoms with Gasteiger partial charge in [-0.3, -0.25) is 9.78 Å². The second kappa shape index (κ2) is 5.22. The number of hydrogen-bond donors (Lipinski definition) is 1. The minimum Gasteiger partial charge on any atom is -0.363 e. The van der Waals surface area contributed by atoms with Crippen molar-refractivity contribution >= 4 is 17.4 Å². The Labute approximate surface area is 105 Å². The highest BCUT2D eigenvalue weighted by molar-refractivity contribution is 6.02. The number of pyridine rings is 1. The number of aromatic nitrogens is 3. The normalized spacial score (nSPS) is 9.89. The summed E-state index contributed by atoms with van der Waals surface area (Å²) in [5.41, 5.74) is 0.894. The fourth-order valence-corrected chi connectivity index (χ4v) is 1.34. The molecule has 6 nitrogen and oxygen atoms in total. The highest BCUT2D eigenvalue weighted by atomic mass is 16.1. The van der Waals surface area contributed by atoms with Crippen LogP contribution in [0.25, 0.3) is 0 Å². The molecule has 1 amide bonds.